The Morgan fingerprint density at radius 1 is 1.42 bits per heavy atom. The molecule has 0 aliphatic carbocycles. The van der Waals surface area contributed by atoms with E-state index in [1.165, 1.54) is 18.6 Å². The molecule has 1 amide bonds. The van der Waals surface area contributed by atoms with Gasteiger partial charge < -0.3 is 10.7 Å². The normalized spacial score (nSPS) is 11.4. The number of benzene rings is 1. The summed E-state index contributed by atoms with van der Waals surface area (Å²) in [6, 6.07) is 6.44. The second-order valence-electron chi connectivity index (χ2n) is 3.81. The Hall–Kier alpha value is -2.19. The van der Waals surface area contributed by atoms with E-state index in [1.807, 2.05) is 0 Å². The highest BCUT2D eigenvalue weighted by Gasteiger charge is 2.14. The van der Waals surface area contributed by atoms with Crippen LogP contribution in [0.4, 0.5) is 0 Å². The van der Waals surface area contributed by atoms with Gasteiger partial charge in [0.2, 0.25) is 5.91 Å². The van der Waals surface area contributed by atoms with Crippen molar-refractivity contribution in [3.05, 3.63) is 47.9 Å². The van der Waals surface area contributed by atoms with Gasteiger partial charge in [0.1, 0.15) is 0 Å². The zero-order chi connectivity index (χ0) is 13.9. The average Bonchev–Trinajstić information content (AvgIpc) is 2.91. The largest absolute Gasteiger partial charge is 0.366 e. The van der Waals surface area contributed by atoms with Crippen molar-refractivity contribution in [2.24, 2.45) is 5.73 Å². The molecule has 1 aromatic carbocycles. The number of sulfonamides is 1. The lowest BCUT2D eigenvalue weighted by molar-refractivity contribution is 0.1000. The third-order valence-corrected chi connectivity index (χ3v) is 3.77. The number of nitrogens with two attached hydrogens (primary N) is 1. The number of primary amides is 1. The summed E-state index contributed by atoms with van der Waals surface area (Å²) in [5.74, 6) is -0.557. The Bertz CT molecular complexity index is 680. The highest BCUT2D eigenvalue weighted by molar-refractivity contribution is 7.89. The number of carbonyl (C=O) groups is 1. The van der Waals surface area contributed by atoms with E-state index in [9.17, 15) is 13.2 Å². The number of hydrogen-bond donors (Lipinski definition) is 3. The van der Waals surface area contributed by atoms with Gasteiger partial charge in [-0.1, -0.05) is 12.1 Å². The van der Waals surface area contributed by atoms with Gasteiger partial charge in [-0.15, -0.1) is 0 Å². The first-order chi connectivity index (χ1) is 8.99. The van der Waals surface area contributed by atoms with Gasteiger partial charge in [-0.3, -0.25) is 4.79 Å². The zero-order valence-corrected chi connectivity index (χ0v) is 10.6. The summed E-state index contributed by atoms with van der Waals surface area (Å²) in [4.78, 5) is 17.2. The van der Waals surface area contributed by atoms with Crippen LogP contribution in [-0.2, 0) is 16.6 Å². The minimum Gasteiger partial charge on any atom is -0.366 e. The first-order valence-corrected chi connectivity index (χ1v) is 6.84. The monoisotopic (exact) mass is 280 g/mol. The highest BCUT2D eigenvalue weighted by Crippen LogP contribution is 2.07. The lowest BCUT2D eigenvalue weighted by Gasteiger charge is -2.05. The molecular formula is C11H12N4O3S. The summed E-state index contributed by atoms with van der Waals surface area (Å²) >= 11 is 0. The van der Waals surface area contributed by atoms with Crippen LogP contribution in [0.1, 0.15) is 15.9 Å². The van der Waals surface area contributed by atoms with E-state index in [0.29, 0.717) is 11.1 Å². The molecule has 0 aliphatic rings. The minimum atomic E-state index is -3.63. The van der Waals surface area contributed by atoms with Crippen LogP contribution in [0.3, 0.4) is 0 Å². The third kappa shape index (κ3) is 3.18. The van der Waals surface area contributed by atoms with Crippen LogP contribution in [0, 0.1) is 0 Å². The fraction of sp³-hybridized carbons (Fsp3) is 0.0909. The number of hydrogen-bond acceptors (Lipinski definition) is 4. The quantitative estimate of drug-likeness (QED) is 0.713. The van der Waals surface area contributed by atoms with Crippen LogP contribution in [0.2, 0.25) is 0 Å². The Balaban J connectivity index is 2.11. The number of imidazole rings is 1. The lowest BCUT2D eigenvalue weighted by Crippen LogP contribution is -2.23. The second-order valence-corrected chi connectivity index (χ2v) is 5.54. The van der Waals surface area contributed by atoms with Crippen LogP contribution in [0.15, 0.2) is 41.8 Å². The first kappa shape index (κ1) is 13.2. The molecule has 0 radical (unpaired) electrons. The molecule has 0 saturated heterocycles. The predicted molar refractivity (Wildman–Crippen MR) is 67.6 cm³/mol. The smallest absolute Gasteiger partial charge is 0.257 e. The van der Waals surface area contributed by atoms with E-state index in [2.05, 4.69) is 14.7 Å². The Morgan fingerprint density at radius 3 is 2.84 bits per heavy atom. The van der Waals surface area contributed by atoms with Crippen molar-refractivity contribution in [2.45, 2.75) is 11.6 Å². The first-order valence-electron chi connectivity index (χ1n) is 5.36. The van der Waals surface area contributed by atoms with E-state index in [0.717, 1.165) is 0 Å². The summed E-state index contributed by atoms with van der Waals surface area (Å²) in [7, 11) is -3.63. The van der Waals surface area contributed by atoms with Crippen LogP contribution in [-0.4, -0.2) is 24.3 Å². The maximum atomic E-state index is 11.8. The van der Waals surface area contributed by atoms with Gasteiger partial charge in [0.25, 0.3) is 10.0 Å². The van der Waals surface area contributed by atoms with Crippen molar-refractivity contribution in [3.8, 4) is 0 Å². The van der Waals surface area contributed by atoms with Gasteiger partial charge in [0.05, 0.1) is 12.5 Å². The molecule has 100 valence electrons. The predicted octanol–water partition coefficient (Wildman–Crippen LogP) is -0.0129. The number of H-pyrrole nitrogens is 1. The van der Waals surface area contributed by atoms with Gasteiger partial charge in [0.15, 0.2) is 5.03 Å². The number of aromatic nitrogens is 2. The summed E-state index contributed by atoms with van der Waals surface area (Å²) in [6.07, 6.45) is 2.49. The molecule has 0 spiro atoms. The molecule has 1 heterocycles. The maximum Gasteiger partial charge on any atom is 0.257 e. The molecule has 19 heavy (non-hydrogen) atoms. The maximum absolute atomic E-state index is 11.8. The Labute approximate surface area is 109 Å². The third-order valence-electron chi connectivity index (χ3n) is 2.44. The highest BCUT2D eigenvalue weighted by atomic mass is 32.2. The number of nitrogens with zero attached hydrogens (tertiary/aromatic N) is 1. The Morgan fingerprint density at radius 2 is 2.21 bits per heavy atom. The van der Waals surface area contributed by atoms with Crippen LogP contribution in [0.5, 0.6) is 0 Å². The van der Waals surface area contributed by atoms with Crippen molar-refractivity contribution >= 4 is 15.9 Å². The molecule has 0 unspecified atom stereocenters. The molecule has 2 rings (SSSR count). The minimum absolute atomic E-state index is 0.0152. The average molecular weight is 280 g/mol. The van der Waals surface area contributed by atoms with Gasteiger partial charge in [-0.2, -0.15) is 0 Å². The van der Waals surface area contributed by atoms with E-state index in [-0.39, 0.29) is 11.6 Å². The summed E-state index contributed by atoms with van der Waals surface area (Å²) in [5.41, 5.74) is 6.12. The van der Waals surface area contributed by atoms with Crippen LogP contribution >= 0.6 is 0 Å². The van der Waals surface area contributed by atoms with Gasteiger partial charge in [-0.25, -0.2) is 18.1 Å². The molecule has 0 fully saturated rings. The van der Waals surface area contributed by atoms with Crippen molar-refractivity contribution < 1.29 is 13.2 Å². The van der Waals surface area contributed by atoms with E-state index in [1.54, 1.807) is 18.2 Å². The van der Waals surface area contributed by atoms with Crippen molar-refractivity contribution in [1.82, 2.24) is 14.7 Å². The standard InChI is InChI=1S/C11H12N4O3S/c12-11(16)9-3-1-2-8(4-9)5-15-19(17,18)10-6-13-7-14-10/h1-4,6-7,15H,5H2,(H2,12,16)(H,13,14). The molecule has 2 aromatic rings. The molecule has 0 bridgehead atoms. The van der Waals surface area contributed by atoms with Crippen LogP contribution in [0.25, 0.3) is 0 Å². The van der Waals surface area contributed by atoms with Gasteiger partial charge >= 0.3 is 0 Å². The molecule has 8 heteroatoms. The summed E-state index contributed by atoms with van der Waals surface area (Å²) in [5, 5.41) is -0.0152. The summed E-state index contributed by atoms with van der Waals surface area (Å²) < 4.78 is 26.0. The van der Waals surface area contributed by atoms with Crippen molar-refractivity contribution in [2.75, 3.05) is 0 Å². The fourth-order valence-electron chi connectivity index (χ4n) is 1.48. The molecular weight excluding hydrogens is 268 g/mol. The molecule has 4 N–H and O–H groups in total. The zero-order valence-electron chi connectivity index (χ0n) is 9.83. The summed E-state index contributed by atoms with van der Waals surface area (Å²) in [6.45, 7) is 0.0580. The van der Waals surface area contributed by atoms with E-state index < -0.39 is 15.9 Å². The Kier molecular flexibility index (Phi) is 3.63. The lowest BCUT2D eigenvalue weighted by atomic mass is 10.1. The number of amides is 1. The number of rotatable bonds is 5. The van der Waals surface area contributed by atoms with E-state index >= 15 is 0 Å². The fourth-order valence-corrected chi connectivity index (χ4v) is 2.40. The molecule has 0 atom stereocenters. The van der Waals surface area contributed by atoms with E-state index in [4.69, 9.17) is 5.73 Å². The molecule has 0 aliphatic heterocycles. The number of carbonyl (C=O) groups excluding carboxylic acids is 1. The second kappa shape index (κ2) is 5.21. The van der Waals surface area contributed by atoms with Crippen molar-refractivity contribution in [1.29, 1.82) is 0 Å². The van der Waals surface area contributed by atoms with Gasteiger partial charge in [-0.05, 0) is 17.7 Å². The molecule has 1 aromatic heterocycles. The topological polar surface area (TPSA) is 118 Å². The number of aromatic amines is 1. The van der Waals surface area contributed by atoms with Gasteiger partial charge in [0, 0.05) is 12.1 Å². The van der Waals surface area contributed by atoms with Crippen LogP contribution < -0.4 is 10.5 Å². The molecule has 7 nitrogen and oxygen atoms in total. The number of nitrogens with one attached hydrogen (secondary N) is 2. The molecule has 0 saturated carbocycles. The van der Waals surface area contributed by atoms with Crippen molar-refractivity contribution in [3.63, 3.8) is 0 Å². The SMILES string of the molecule is NC(=O)c1cccc(CNS(=O)(=O)c2cnc[nH]2)c1.